The number of aryl methyl sites for hydroxylation is 2. The number of carbonyl (C=O) groups excluding carboxylic acids is 1. The predicted octanol–water partition coefficient (Wildman–Crippen LogP) is 7.30. The van der Waals surface area contributed by atoms with E-state index in [0.717, 1.165) is 53.3 Å². The van der Waals surface area contributed by atoms with Gasteiger partial charge in [0.2, 0.25) is 0 Å². The van der Waals surface area contributed by atoms with Crippen LogP contribution < -0.4 is 10.2 Å². The number of rotatable bonds is 4. The highest BCUT2D eigenvalue weighted by Gasteiger charge is 2.22. The number of hydrogen-bond donors (Lipinski definition) is 1. The number of pyridine rings is 1. The Morgan fingerprint density at radius 3 is 2.22 bits per heavy atom. The summed E-state index contributed by atoms with van der Waals surface area (Å²) in [6, 6.07) is 10.2. The van der Waals surface area contributed by atoms with Crippen LogP contribution >= 0.6 is 0 Å². The van der Waals surface area contributed by atoms with Crippen molar-refractivity contribution < 1.29 is 4.79 Å². The maximum absolute atomic E-state index is 12.3. The zero-order chi connectivity index (χ0) is 27.7. The van der Waals surface area contributed by atoms with Crippen LogP contribution in [0.4, 0.5) is 5.82 Å². The van der Waals surface area contributed by atoms with E-state index in [4.69, 9.17) is 4.98 Å². The lowest BCUT2D eigenvalue weighted by Crippen LogP contribution is -2.33. The van der Waals surface area contributed by atoms with Crippen molar-refractivity contribution in [2.45, 2.75) is 88.7 Å². The third-order valence-corrected chi connectivity index (χ3v) is 5.41. The molecule has 0 radical (unpaired) electrons. The third kappa shape index (κ3) is 8.21. The van der Waals surface area contributed by atoms with Gasteiger partial charge in [-0.2, -0.15) is 5.10 Å². The van der Waals surface area contributed by atoms with Gasteiger partial charge in [-0.05, 0) is 49.6 Å². The average molecular weight is 496 g/mol. The summed E-state index contributed by atoms with van der Waals surface area (Å²) in [5.74, 6) is 0.910. The topological polar surface area (TPSA) is 63.1 Å². The highest BCUT2D eigenvalue weighted by Crippen LogP contribution is 2.29. The minimum absolute atomic E-state index is 0.0360. The van der Waals surface area contributed by atoms with Gasteiger partial charge in [0, 0.05) is 55.3 Å². The molecule has 0 spiro atoms. The van der Waals surface area contributed by atoms with Crippen LogP contribution in [0.5, 0.6) is 0 Å². The van der Waals surface area contributed by atoms with Crippen molar-refractivity contribution in [2.24, 2.45) is 0 Å². The number of nitrogens with one attached hydrogen (secondary N) is 1. The van der Waals surface area contributed by atoms with E-state index in [1.807, 2.05) is 85.3 Å². The van der Waals surface area contributed by atoms with Gasteiger partial charge in [-0.1, -0.05) is 67.5 Å². The summed E-state index contributed by atoms with van der Waals surface area (Å²) in [6.45, 7) is 22.6. The number of benzene rings is 1. The van der Waals surface area contributed by atoms with E-state index < -0.39 is 0 Å². The highest BCUT2D eigenvalue weighted by molar-refractivity contribution is 5.96. The third-order valence-electron chi connectivity index (χ3n) is 5.41. The predicted molar refractivity (Wildman–Crippen MR) is 156 cm³/mol. The fourth-order valence-corrected chi connectivity index (χ4v) is 3.83. The molecule has 2 aromatic heterocycles. The molecule has 0 atom stereocenters. The molecule has 0 saturated carbocycles. The summed E-state index contributed by atoms with van der Waals surface area (Å²) in [5, 5.41) is 7.11. The summed E-state index contributed by atoms with van der Waals surface area (Å²) < 4.78 is 1.92. The average Bonchev–Trinajstić information content (AvgIpc) is 3.45. The Kier molecular flexibility index (Phi) is 16.6. The fraction of sp³-hybridized carbons (Fsp3) is 0.500. The van der Waals surface area contributed by atoms with Gasteiger partial charge in [-0.3, -0.25) is 9.48 Å². The van der Waals surface area contributed by atoms with Gasteiger partial charge in [-0.15, -0.1) is 0 Å². The molecule has 3 aromatic rings. The number of amides is 1. The van der Waals surface area contributed by atoms with Crippen molar-refractivity contribution in [2.75, 3.05) is 18.5 Å². The van der Waals surface area contributed by atoms with Crippen molar-refractivity contribution >= 4 is 11.7 Å². The molecular weight excluding hydrogens is 446 g/mol. The largest absolute Gasteiger partial charge is 0.355 e. The minimum atomic E-state index is -0.0360. The Bertz CT molecular complexity index is 1030. The molecular formula is C30H49N5O. The van der Waals surface area contributed by atoms with Crippen LogP contribution in [0.25, 0.3) is 11.1 Å². The molecule has 0 unspecified atom stereocenters. The van der Waals surface area contributed by atoms with Gasteiger partial charge >= 0.3 is 0 Å². The highest BCUT2D eigenvalue weighted by atomic mass is 16.1. The quantitative estimate of drug-likeness (QED) is 0.412. The van der Waals surface area contributed by atoms with E-state index >= 15 is 0 Å². The maximum Gasteiger partial charge on any atom is 0.251 e. The Balaban J connectivity index is 0.00000140. The van der Waals surface area contributed by atoms with E-state index in [0.29, 0.717) is 6.54 Å². The number of carbonyl (C=O) groups is 1. The first-order valence-corrected chi connectivity index (χ1v) is 13.7. The Morgan fingerprint density at radius 1 is 1.00 bits per heavy atom. The molecule has 0 fully saturated rings. The first kappa shape index (κ1) is 32.8. The van der Waals surface area contributed by atoms with E-state index in [-0.39, 0.29) is 5.91 Å². The van der Waals surface area contributed by atoms with Gasteiger partial charge in [0.15, 0.2) is 0 Å². The zero-order valence-corrected chi connectivity index (χ0v) is 24.6. The SMILES string of the molecule is CC.CC.CC.CC.CCn1cc(-c2ccc(N3CCc4cccc(C(=O)NC)c4C3)nc2C)cn1. The molecule has 1 aromatic carbocycles. The maximum atomic E-state index is 12.3. The number of anilines is 1. The van der Waals surface area contributed by atoms with Crippen LogP contribution in [0.3, 0.4) is 0 Å². The molecule has 36 heavy (non-hydrogen) atoms. The Hall–Kier alpha value is -3.15. The Labute approximate surface area is 220 Å². The van der Waals surface area contributed by atoms with Crippen molar-refractivity contribution in [1.82, 2.24) is 20.1 Å². The van der Waals surface area contributed by atoms with E-state index in [9.17, 15) is 4.79 Å². The van der Waals surface area contributed by atoms with Crippen molar-refractivity contribution in [1.29, 1.82) is 0 Å². The summed E-state index contributed by atoms with van der Waals surface area (Å²) in [5.41, 5.74) is 6.28. The molecule has 0 saturated heterocycles. The van der Waals surface area contributed by atoms with Crippen LogP contribution in [0.2, 0.25) is 0 Å². The normalized spacial score (nSPS) is 11.0. The lowest BCUT2D eigenvalue weighted by molar-refractivity contribution is 0.0962. The van der Waals surface area contributed by atoms with Gasteiger partial charge in [0.25, 0.3) is 5.91 Å². The Morgan fingerprint density at radius 2 is 1.67 bits per heavy atom. The van der Waals surface area contributed by atoms with Crippen LogP contribution in [0.1, 0.15) is 89.5 Å². The molecule has 1 N–H and O–H groups in total. The summed E-state index contributed by atoms with van der Waals surface area (Å²) in [7, 11) is 1.67. The first-order valence-electron chi connectivity index (χ1n) is 13.7. The minimum Gasteiger partial charge on any atom is -0.355 e. The molecule has 0 aliphatic carbocycles. The van der Waals surface area contributed by atoms with Crippen molar-refractivity contribution in [3.8, 4) is 11.1 Å². The second-order valence-corrected chi connectivity index (χ2v) is 7.08. The lowest BCUT2D eigenvalue weighted by Gasteiger charge is -2.31. The summed E-state index contributed by atoms with van der Waals surface area (Å²) in [4.78, 5) is 19.4. The van der Waals surface area contributed by atoms with Crippen LogP contribution in [-0.2, 0) is 19.5 Å². The molecule has 6 nitrogen and oxygen atoms in total. The molecule has 200 valence electrons. The van der Waals surface area contributed by atoms with Gasteiger partial charge in [0.05, 0.1) is 6.20 Å². The van der Waals surface area contributed by atoms with E-state index in [1.165, 1.54) is 5.56 Å². The second kappa shape index (κ2) is 18.2. The number of nitrogens with zero attached hydrogens (tertiary/aromatic N) is 4. The van der Waals surface area contributed by atoms with Crippen molar-refractivity contribution in [3.63, 3.8) is 0 Å². The standard InChI is InChI=1S/C22H25N5O.4C2H6/c1-4-27-13-17(12-24-27)18-8-9-21(25-15(18)2)26-11-10-16-6-5-7-19(20(16)14-26)22(28)23-3;4*1-2/h5-9,12-13H,4,10-11,14H2,1-3H3,(H,23,28);4*1-2H3. The van der Waals surface area contributed by atoms with E-state index in [2.05, 4.69) is 46.6 Å². The van der Waals surface area contributed by atoms with E-state index in [1.54, 1.807) is 7.05 Å². The fourth-order valence-electron chi connectivity index (χ4n) is 3.83. The summed E-state index contributed by atoms with van der Waals surface area (Å²) in [6.07, 6.45) is 4.85. The smallest absolute Gasteiger partial charge is 0.251 e. The molecule has 0 bridgehead atoms. The monoisotopic (exact) mass is 495 g/mol. The number of aromatic nitrogens is 3. The van der Waals surface area contributed by atoms with Gasteiger partial charge < -0.3 is 10.2 Å². The molecule has 1 aliphatic rings. The van der Waals surface area contributed by atoms with Gasteiger partial charge in [0.1, 0.15) is 5.82 Å². The molecule has 1 aliphatic heterocycles. The van der Waals surface area contributed by atoms with Crippen LogP contribution in [-0.4, -0.2) is 34.3 Å². The molecule has 6 heteroatoms. The second-order valence-electron chi connectivity index (χ2n) is 7.08. The molecule has 3 heterocycles. The molecule has 4 rings (SSSR count). The van der Waals surface area contributed by atoms with Crippen molar-refractivity contribution in [3.05, 3.63) is 65.1 Å². The summed E-state index contributed by atoms with van der Waals surface area (Å²) >= 11 is 0. The van der Waals surface area contributed by atoms with Crippen LogP contribution in [0, 0.1) is 6.92 Å². The number of fused-ring (bicyclic) bond motifs is 1. The first-order chi connectivity index (χ1) is 17.6. The number of hydrogen-bond acceptors (Lipinski definition) is 4. The zero-order valence-electron chi connectivity index (χ0n) is 24.6. The van der Waals surface area contributed by atoms with Crippen LogP contribution in [0.15, 0.2) is 42.7 Å². The molecule has 1 amide bonds. The van der Waals surface area contributed by atoms with Gasteiger partial charge in [-0.25, -0.2) is 4.98 Å². The lowest BCUT2D eigenvalue weighted by atomic mass is 9.94.